The summed E-state index contributed by atoms with van der Waals surface area (Å²) in [7, 11) is 0. The quantitative estimate of drug-likeness (QED) is 0.857. The van der Waals surface area contributed by atoms with Crippen LogP contribution in [0, 0.1) is 20.8 Å². The maximum atomic E-state index is 6.25. The molecule has 0 aliphatic carbocycles. The summed E-state index contributed by atoms with van der Waals surface area (Å²) < 4.78 is 0. The lowest BCUT2D eigenvalue weighted by Crippen LogP contribution is -2.15. The molecule has 0 saturated carbocycles. The molecule has 0 fully saturated rings. The molecule has 17 heavy (non-hydrogen) atoms. The lowest BCUT2D eigenvalue weighted by Gasteiger charge is -2.16. The summed E-state index contributed by atoms with van der Waals surface area (Å²) in [6.07, 6.45) is 3.25. The van der Waals surface area contributed by atoms with E-state index in [0.29, 0.717) is 0 Å². The predicted octanol–water partition coefficient (Wildman–Crippen LogP) is 2.45. The Balaban J connectivity index is 2.44. The van der Waals surface area contributed by atoms with Gasteiger partial charge in [0.1, 0.15) is 6.33 Å². The van der Waals surface area contributed by atoms with Crippen molar-refractivity contribution in [3.63, 3.8) is 0 Å². The first-order valence-electron chi connectivity index (χ1n) is 5.69. The molecule has 1 aromatic heterocycles. The Morgan fingerprint density at radius 1 is 1.06 bits per heavy atom. The first-order valence-corrected chi connectivity index (χ1v) is 5.69. The fourth-order valence-electron chi connectivity index (χ4n) is 1.96. The molecule has 2 N–H and O–H groups in total. The Hall–Kier alpha value is -1.74. The van der Waals surface area contributed by atoms with Crippen LogP contribution in [0.3, 0.4) is 0 Å². The third kappa shape index (κ3) is 2.34. The molecule has 1 heterocycles. The Bertz CT molecular complexity index is 520. The molecule has 2 rings (SSSR count). The van der Waals surface area contributed by atoms with Gasteiger partial charge in [-0.3, -0.25) is 0 Å². The normalized spacial score (nSPS) is 12.5. The van der Waals surface area contributed by atoms with E-state index in [1.54, 1.807) is 6.20 Å². The Kier molecular flexibility index (Phi) is 3.20. The van der Waals surface area contributed by atoms with Crippen LogP contribution in [-0.4, -0.2) is 9.97 Å². The van der Waals surface area contributed by atoms with Crippen molar-refractivity contribution in [3.8, 4) is 0 Å². The van der Waals surface area contributed by atoms with Gasteiger partial charge in [0.15, 0.2) is 0 Å². The van der Waals surface area contributed by atoms with E-state index >= 15 is 0 Å². The fourth-order valence-corrected chi connectivity index (χ4v) is 1.96. The number of nitrogens with zero attached hydrogens (tertiary/aromatic N) is 2. The smallest absolute Gasteiger partial charge is 0.115 e. The van der Waals surface area contributed by atoms with E-state index in [0.717, 1.165) is 11.3 Å². The van der Waals surface area contributed by atoms with Crippen LogP contribution in [0.1, 0.15) is 34.0 Å². The van der Waals surface area contributed by atoms with Crippen molar-refractivity contribution in [1.82, 2.24) is 9.97 Å². The van der Waals surface area contributed by atoms with E-state index in [4.69, 9.17) is 5.73 Å². The highest BCUT2D eigenvalue weighted by Crippen LogP contribution is 2.23. The molecule has 0 spiro atoms. The average molecular weight is 227 g/mol. The zero-order valence-corrected chi connectivity index (χ0v) is 10.4. The summed E-state index contributed by atoms with van der Waals surface area (Å²) in [5.74, 6) is 0. The largest absolute Gasteiger partial charge is 0.319 e. The second kappa shape index (κ2) is 4.63. The maximum absolute atomic E-state index is 6.25. The molecule has 88 valence electrons. The van der Waals surface area contributed by atoms with Crippen LogP contribution in [0.25, 0.3) is 0 Å². The number of aryl methyl sites for hydroxylation is 3. The molecule has 1 unspecified atom stereocenters. The highest BCUT2D eigenvalue weighted by molar-refractivity contribution is 5.40. The van der Waals surface area contributed by atoms with E-state index in [2.05, 4.69) is 42.9 Å². The van der Waals surface area contributed by atoms with Gasteiger partial charge in [-0.05, 0) is 49.1 Å². The van der Waals surface area contributed by atoms with Crippen LogP contribution in [0.15, 0.2) is 30.7 Å². The highest BCUT2D eigenvalue weighted by atomic mass is 14.8. The molecular formula is C14H17N3. The van der Waals surface area contributed by atoms with Gasteiger partial charge in [-0.25, -0.2) is 9.97 Å². The summed E-state index contributed by atoms with van der Waals surface area (Å²) in [4.78, 5) is 8.12. The molecule has 1 aromatic carbocycles. The summed E-state index contributed by atoms with van der Waals surface area (Å²) in [5, 5.41) is 0. The second-order valence-electron chi connectivity index (χ2n) is 4.40. The number of aromatic nitrogens is 2. The van der Waals surface area contributed by atoms with Gasteiger partial charge in [0.05, 0.1) is 11.7 Å². The van der Waals surface area contributed by atoms with E-state index in [1.165, 1.54) is 23.0 Å². The first-order chi connectivity index (χ1) is 8.09. The third-order valence-electron chi connectivity index (χ3n) is 3.14. The molecular weight excluding hydrogens is 210 g/mol. The Morgan fingerprint density at radius 2 is 1.76 bits per heavy atom. The van der Waals surface area contributed by atoms with Gasteiger partial charge in [-0.2, -0.15) is 0 Å². The molecule has 0 aliphatic rings. The van der Waals surface area contributed by atoms with Gasteiger partial charge >= 0.3 is 0 Å². The van der Waals surface area contributed by atoms with Crippen LogP contribution in [0.2, 0.25) is 0 Å². The fraction of sp³-hybridized carbons (Fsp3) is 0.286. The Morgan fingerprint density at radius 3 is 2.41 bits per heavy atom. The van der Waals surface area contributed by atoms with Crippen LogP contribution in [-0.2, 0) is 0 Å². The van der Waals surface area contributed by atoms with Gasteiger partial charge in [0.2, 0.25) is 0 Å². The lowest BCUT2D eigenvalue weighted by molar-refractivity contribution is 0.810. The zero-order valence-electron chi connectivity index (χ0n) is 10.4. The van der Waals surface area contributed by atoms with Gasteiger partial charge in [-0.1, -0.05) is 12.1 Å². The number of hydrogen-bond acceptors (Lipinski definition) is 3. The average Bonchev–Trinajstić information content (AvgIpc) is 2.34. The van der Waals surface area contributed by atoms with E-state index in [9.17, 15) is 0 Å². The van der Waals surface area contributed by atoms with Crippen molar-refractivity contribution in [3.05, 3.63) is 58.7 Å². The van der Waals surface area contributed by atoms with Crippen molar-refractivity contribution in [2.45, 2.75) is 26.8 Å². The van der Waals surface area contributed by atoms with Crippen LogP contribution in [0.4, 0.5) is 0 Å². The molecule has 0 bridgehead atoms. The van der Waals surface area contributed by atoms with Crippen LogP contribution in [0.5, 0.6) is 0 Å². The topological polar surface area (TPSA) is 51.8 Å². The van der Waals surface area contributed by atoms with Gasteiger partial charge < -0.3 is 5.73 Å². The third-order valence-corrected chi connectivity index (χ3v) is 3.14. The van der Waals surface area contributed by atoms with Crippen molar-refractivity contribution >= 4 is 0 Å². The summed E-state index contributed by atoms with van der Waals surface area (Å²) in [5.41, 5.74) is 12.0. The Labute approximate surface area is 102 Å². The standard InChI is InChI=1S/C14H17N3/c1-9-6-11(3)12(7-10(9)2)14(15)13-4-5-16-8-17-13/h4-8,14H,15H2,1-3H3. The summed E-state index contributed by atoms with van der Waals surface area (Å²) in [6.45, 7) is 6.30. The predicted molar refractivity (Wildman–Crippen MR) is 68.7 cm³/mol. The molecule has 3 heteroatoms. The van der Waals surface area contributed by atoms with Crippen molar-refractivity contribution in [2.75, 3.05) is 0 Å². The van der Waals surface area contributed by atoms with Gasteiger partial charge in [0.25, 0.3) is 0 Å². The molecule has 3 nitrogen and oxygen atoms in total. The van der Waals surface area contributed by atoms with Crippen LogP contribution >= 0.6 is 0 Å². The first kappa shape index (κ1) is 11.7. The van der Waals surface area contributed by atoms with Crippen molar-refractivity contribution < 1.29 is 0 Å². The van der Waals surface area contributed by atoms with Gasteiger partial charge in [-0.15, -0.1) is 0 Å². The number of benzene rings is 1. The summed E-state index contributed by atoms with van der Waals surface area (Å²) >= 11 is 0. The summed E-state index contributed by atoms with van der Waals surface area (Å²) in [6, 6.07) is 6.00. The van der Waals surface area contributed by atoms with E-state index in [1.807, 2.05) is 6.07 Å². The minimum Gasteiger partial charge on any atom is -0.319 e. The maximum Gasteiger partial charge on any atom is 0.115 e. The second-order valence-corrected chi connectivity index (χ2v) is 4.40. The minimum atomic E-state index is -0.183. The monoisotopic (exact) mass is 227 g/mol. The lowest BCUT2D eigenvalue weighted by atomic mass is 9.94. The van der Waals surface area contributed by atoms with E-state index < -0.39 is 0 Å². The highest BCUT2D eigenvalue weighted by Gasteiger charge is 2.13. The number of nitrogens with two attached hydrogens (primary N) is 1. The molecule has 0 radical (unpaired) electrons. The molecule has 0 aliphatic heterocycles. The zero-order chi connectivity index (χ0) is 12.4. The van der Waals surface area contributed by atoms with Crippen molar-refractivity contribution in [1.29, 1.82) is 0 Å². The number of hydrogen-bond donors (Lipinski definition) is 1. The molecule has 0 amide bonds. The van der Waals surface area contributed by atoms with Gasteiger partial charge in [0, 0.05) is 6.20 Å². The minimum absolute atomic E-state index is 0.183. The van der Waals surface area contributed by atoms with E-state index in [-0.39, 0.29) is 6.04 Å². The van der Waals surface area contributed by atoms with Crippen molar-refractivity contribution in [2.24, 2.45) is 5.73 Å². The van der Waals surface area contributed by atoms with Crippen LogP contribution < -0.4 is 5.73 Å². The SMILES string of the molecule is Cc1cc(C)c(C(N)c2ccncn2)cc1C. The molecule has 1 atom stereocenters. The molecule has 2 aromatic rings. The number of rotatable bonds is 2. The molecule has 0 saturated heterocycles.